The highest BCUT2D eigenvalue weighted by Crippen LogP contribution is 2.26. The molecule has 0 saturated heterocycles. The van der Waals surface area contributed by atoms with Crippen molar-refractivity contribution in [3.63, 3.8) is 0 Å². The van der Waals surface area contributed by atoms with Crippen LogP contribution in [0, 0.1) is 5.82 Å². The first-order valence-electron chi connectivity index (χ1n) is 6.05. The summed E-state index contributed by atoms with van der Waals surface area (Å²) < 4.78 is 18.3. The van der Waals surface area contributed by atoms with Crippen molar-refractivity contribution in [2.45, 2.75) is 32.3 Å². The van der Waals surface area contributed by atoms with Crippen LogP contribution in [-0.2, 0) is 12.8 Å². The van der Waals surface area contributed by atoms with Gasteiger partial charge in [-0.1, -0.05) is 39.8 Å². The first-order valence-corrected chi connectivity index (χ1v) is 7.61. The second kappa shape index (κ2) is 6.54. The molecule has 1 aromatic heterocycles. The average Bonchev–Trinajstić information content (AvgIpc) is 2.81. The Hall–Kier alpha value is -0.850. The van der Waals surface area contributed by atoms with E-state index in [0.717, 1.165) is 23.4 Å². The maximum Gasteiger partial charge on any atom is 0.127 e. The van der Waals surface area contributed by atoms with Crippen molar-refractivity contribution in [2.24, 2.45) is 0 Å². The molecule has 0 amide bonds. The quantitative estimate of drug-likeness (QED) is 0.899. The summed E-state index contributed by atoms with van der Waals surface area (Å²) in [5.74, 6) is -0.317. The van der Waals surface area contributed by atoms with E-state index in [9.17, 15) is 9.50 Å². The molecule has 102 valence electrons. The number of nitrogens with zero attached hydrogens (tertiary/aromatic N) is 2. The molecule has 0 aliphatic rings. The Morgan fingerprint density at radius 1 is 1.47 bits per heavy atom. The molecular formula is C13H14BrFN2OS. The minimum absolute atomic E-state index is 0.236. The van der Waals surface area contributed by atoms with E-state index in [2.05, 4.69) is 25.5 Å². The fourth-order valence-corrected chi connectivity index (χ4v) is 2.88. The number of aromatic nitrogens is 2. The lowest BCUT2D eigenvalue weighted by Crippen LogP contribution is -2.04. The molecule has 0 aliphatic heterocycles. The third-order valence-corrected chi connectivity index (χ3v) is 4.16. The molecule has 0 saturated carbocycles. The Bertz CT molecular complexity index is 561. The second-order valence-corrected chi connectivity index (χ2v) is 5.99. The summed E-state index contributed by atoms with van der Waals surface area (Å²) in [7, 11) is 0. The van der Waals surface area contributed by atoms with Crippen LogP contribution in [0.25, 0.3) is 0 Å². The van der Waals surface area contributed by atoms with Gasteiger partial charge in [0, 0.05) is 10.9 Å². The van der Waals surface area contributed by atoms with Crippen LogP contribution in [0.15, 0.2) is 22.7 Å². The summed E-state index contributed by atoms with van der Waals surface area (Å²) in [6, 6.07) is 4.85. The molecule has 3 nitrogen and oxygen atoms in total. The van der Waals surface area contributed by atoms with E-state index in [0.29, 0.717) is 10.0 Å². The second-order valence-electron chi connectivity index (χ2n) is 4.29. The van der Waals surface area contributed by atoms with Crippen LogP contribution < -0.4 is 0 Å². The summed E-state index contributed by atoms with van der Waals surface area (Å²) in [6.07, 6.45) is 1.21. The molecule has 0 spiro atoms. The van der Waals surface area contributed by atoms with Crippen molar-refractivity contribution in [2.75, 3.05) is 0 Å². The van der Waals surface area contributed by atoms with Gasteiger partial charge in [-0.05, 0) is 35.6 Å². The number of rotatable bonds is 5. The zero-order chi connectivity index (χ0) is 13.8. The first-order chi connectivity index (χ1) is 9.11. The number of halogens is 2. The summed E-state index contributed by atoms with van der Waals surface area (Å²) in [6.45, 7) is 2.05. The lowest BCUT2D eigenvalue weighted by atomic mass is 10.0. The third-order valence-electron chi connectivity index (χ3n) is 2.80. The lowest BCUT2D eigenvalue weighted by molar-refractivity contribution is 0.179. The van der Waals surface area contributed by atoms with Crippen LogP contribution in [0.1, 0.15) is 35.6 Å². The van der Waals surface area contributed by atoms with Crippen LogP contribution in [0.3, 0.4) is 0 Å². The minimum atomic E-state index is -0.753. The lowest BCUT2D eigenvalue weighted by Gasteiger charge is -2.10. The van der Waals surface area contributed by atoms with E-state index in [-0.39, 0.29) is 12.2 Å². The number of aliphatic hydroxyl groups is 1. The highest BCUT2D eigenvalue weighted by atomic mass is 79.9. The van der Waals surface area contributed by atoms with Gasteiger partial charge in [0.05, 0.1) is 16.7 Å². The van der Waals surface area contributed by atoms with Crippen LogP contribution in [0.2, 0.25) is 0 Å². The van der Waals surface area contributed by atoms with Crippen LogP contribution in [0.5, 0.6) is 0 Å². The number of hydrogen-bond donors (Lipinski definition) is 1. The predicted octanol–water partition coefficient (Wildman–Crippen LogP) is 3.67. The predicted molar refractivity (Wildman–Crippen MR) is 76.7 cm³/mol. The molecule has 1 unspecified atom stereocenters. The Labute approximate surface area is 123 Å². The molecule has 0 bridgehead atoms. The van der Waals surface area contributed by atoms with Gasteiger partial charge in [0.1, 0.15) is 5.82 Å². The van der Waals surface area contributed by atoms with Crippen LogP contribution in [-0.4, -0.2) is 14.7 Å². The summed E-state index contributed by atoms with van der Waals surface area (Å²) in [5.41, 5.74) is 1.31. The van der Waals surface area contributed by atoms with E-state index in [4.69, 9.17) is 0 Å². The van der Waals surface area contributed by atoms with Gasteiger partial charge in [-0.2, -0.15) is 0 Å². The van der Waals surface area contributed by atoms with Gasteiger partial charge in [0.15, 0.2) is 0 Å². The average molecular weight is 345 g/mol. The normalized spacial score (nSPS) is 12.6. The molecule has 19 heavy (non-hydrogen) atoms. The fourth-order valence-electron chi connectivity index (χ4n) is 1.87. The molecule has 1 heterocycles. The maximum absolute atomic E-state index is 13.7. The molecule has 1 atom stereocenters. The zero-order valence-corrected chi connectivity index (χ0v) is 12.8. The standard InChI is InChI=1S/C13H14BrFN2OS/c1-2-3-11-13(19-17-16-11)12(18)6-8-4-5-9(14)7-10(8)15/h4-5,7,12,18H,2-3,6H2,1H3. The summed E-state index contributed by atoms with van der Waals surface area (Å²) in [4.78, 5) is 0.740. The number of benzene rings is 1. The molecule has 1 aromatic carbocycles. The Morgan fingerprint density at radius 2 is 2.26 bits per heavy atom. The monoisotopic (exact) mass is 344 g/mol. The molecule has 6 heteroatoms. The Morgan fingerprint density at radius 3 is 2.95 bits per heavy atom. The highest BCUT2D eigenvalue weighted by Gasteiger charge is 2.18. The van der Waals surface area contributed by atoms with Crippen LogP contribution >= 0.6 is 27.5 Å². The van der Waals surface area contributed by atoms with E-state index in [1.807, 2.05) is 6.92 Å². The number of aryl methyl sites for hydroxylation is 1. The Kier molecular flexibility index (Phi) is 5.01. The van der Waals surface area contributed by atoms with E-state index in [1.54, 1.807) is 12.1 Å². The van der Waals surface area contributed by atoms with Gasteiger partial charge >= 0.3 is 0 Å². The molecular weight excluding hydrogens is 331 g/mol. The maximum atomic E-state index is 13.7. The topological polar surface area (TPSA) is 46.0 Å². The number of aliphatic hydroxyl groups excluding tert-OH is 1. The molecule has 2 aromatic rings. The number of hydrogen-bond acceptors (Lipinski definition) is 4. The minimum Gasteiger partial charge on any atom is -0.387 e. The van der Waals surface area contributed by atoms with Gasteiger partial charge in [-0.25, -0.2) is 4.39 Å². The molecule has 0 fully saturated rings. The van der Waals surface area contributed by atoms with Crippen molar-refractivity contribution >= 4 is 27.5 Å². The SMILES string of the molecule is CCCc1nnsc1C(O)Cc1ccc(Br)cc1F. The molecule has 1 N–H and O–H groups in total. The molecule has 2 rings (SSSR count). The summed E-state index contributed by atoms with van der Waals surface area (Å²) in [5, 5.41) is 14.2. The van der Waals surface area contributed by atoms with Crippen molar-refractivity contribution < 1.29 is 9.50 Å². The van der Waals surface area contributed by atoms with Gasteiger partial charge < -0.3 is 5.11 Å². The smallest absolute Gasteiger partial charge is 0.127 e. The highest BCUT2D eigenvalue weighted by molar-refractivity contribution is 9.10. The van der Waals surface area contributed by atoms with E-state index >= 15 is 0 Å². The molecule has 0 radical (unpaired) electrons. The van der Waals surface area contributed by atoms with Crippen molar-refractivity contribution in [3.8, 4) is 0 Å². The van der Waals surface area contributed by atoms with Gasteiger partial charge in [0.25, 0.3) is 0 Å². The van der Waals surface area contributed by atoms with E-state index in [1.165, 1.54) is 17.6 Å². The van der Waals surface area contributed by atoms with Crippen LogP contribution in [0.4, 0.5) is 4.39 Å². The Balaban J connectivity index is 2.16. The zero-order valence-electron chi connectivity index (χ0n) is 10.4. The van der Waals surface area contributed by atoms with Crippen molar-refractivity contribution in [3.05, 3.63) is 44.6 Å². The summed E-state index contributed by atoms with van der Waals surface area (Å²) >= 11 is 4.40. The van der Waals surface area contributed by atoms with Gasteiger partial charge in [0.2, 0.25) is 0 Å². The van der Waals surface area contributed by atoms with Crippen molar-refractivity contribution in [1.29, 1.82) is 0 Å². The van der Waals surface area contributed by atoms with E-state index < -0.39 is 6.10 Å². The molecule has 0 aliphatic carbocycles. The fraction of sp³-hybridized carbons (Fsp3) is 0.385. The first kappa shape index (κ1) is 14.6. The largest absolute Gasteiger partial charge is 0.387 e. The van der Waals surface area contributed by atoms with Crippen molar-refractivity contribution in [1.82, 2.24) is 9.59 Å². The third kappa shape index (κ3) is 3.58. The van der Waals surface area contributed by atoms with Gasteiger partial charge in [-0.3, -0.25) is 0 Å². The van der Waals surface area contributed by atoms with Gasteiger partial charge in [-0.15, -0.1) is 5.10 Å².